The van der Waals surface area contributed by atoms with Gasteiger partial charge in [-0.15, -0.1) is 11.3 Å². The average Bonchev–Trinajstić information content (AvgIpc) is 3.05. The molecule has 3 amide bonds. The molecule has 0 aliphatic heterocycles. The number of benzene rings is 1. The zero-order valence-corrected chi connectivity index (χ0v) is 16.4. The van der Waals surface area contributed by atoms with Crippen LogP contribution in [0.3, 0.4) is 0 Å². The molecule has 2 rings (SSSR count). The molecule has 144 valence electrons. The molecule has 0 fully saturated rings. The van der Waals surface area contributed by atoms with E-state index < -0.39 is 11.8 Å². The van der Waals surface area contributed by atoms with E-state index in [2.05, 4.69) is 16.2 Å². The van der Waals surface area contributed by atoms with Gasteiger partial charge in [-0.1, -0.05) is 19.1 Å². The number of thiophene rings is 1. The van der Waals surface area contributed by atoms with Crippen molar-refractivity contribution >= 4 is 29.1 Å². The molecule has 0 saturated carbocycles. The van der Waals surface area contributed by atoms with E-state index >= 15 is 0 Å². The van der Waals surface area contributed by atoms with Gasteiger partial charge in [-0.25, -0.2) is 0 Å². The lowest BCUT2D eigenvalue weighted by Gasteiger charge is -2.11. The third-order valence-corrected chi connectivity index (χ3v) is 5.10. The van der Waals surface area contributed by atoms with Gasteiger partial charge >= 0.3 is 0 Å². The summed E-state index contributed by atoms with van der Waals surface area (Å²) in [6.45, 7) is 5.94. The first-order valence-electron chi connectivity index (χ1n) is 8.64. The number of hydrogen-bond donors (Lipinski definition) is 3. The normalized spacial score (nSPS) is 10.2. The molecule has 0 aliphatic carbocycles. The number of carbonyl (C=O) groups excluding carboxylic acids is 3. The molecule has 1 heterocycles. The van der Waals surface area contributed by atoms with Gasteiger partial charge in [0.25, 0.3) is 17.7 Å². The number of carbonyl (C=O) groups is 3. The Morgan fingerprint density at radius 1 is 1.07 bits per heavy atom. The molecule has 3 N–H and O–H groups in total. The van der Waals surface area contributed by atoms with E-state index in [1.165, 1.54) is 11.3 Å². The molecule has 2 aromatic rings. The van der Waals surface area contributed by atoms with Crippen LogP contribution in [0.2, 0.25) is 0 Å². The molecule has 0 bridgehead atoms. The van der Waals surface area contributed by atoms with Gasteiger partial charge in [-0.2, -0.15) is 0 Å². The Balaban J connectivity index is 1.84. The van der Waals surface area contributed by atoms with Crippen molar-refractivity contribution in [2.24, 2.45) is 0 Å². The Morgan fingerprint density at radius 2 is 1.81 bits per heavy atom. The van der Waals surface area contributed by atoms with Gasteiger partial charge in [0.15, 0.2) is 0 Å². The largest absolute Gasteiger partial charge is 0.493 e. The van der Waals surface area contributed by atoms with Gasteiger partial charge in [0.1, 0.15) is 5.75 Å². The van der Waals surface area contributed by atoms with E-state index in [0.717, 1.165) is 16.9 Å². The molecule has 8 heteroatoms. The molecule has 0 radical (unpaired) electrons. The van der Waals surface area contributed by atoms with Gasteiger partial charge in [-0.05, 0) is 44.0 Å². The second-order valence-electron chi connectivity index (χ2n) is 5.68. The molecule has 0 unspecified atom stereocenters. The van der Waals surface area contributed by atoms with Crippen LogP contribution in [0.25, 0.3) is 0 Å². The highest BCUT2D eigenvalue weighted by atomic mass is 32.1. The van der Waals surface area contributed by atoms with Crippen LogP contribution in [-0.4, -0.2) is 30.9 Å². The van der Waals surface area contributed by atoms with E-state index in [1.54, 1.807) is 30.3 Å². The Morgan fingerprint density at radius 3 is 2.48 bits per heavy atom. The number of ether oxygens (including phenoxy) is 1. The number of nitrogens with one attached hydrogen (secondary N) is 3. The predicted octanol–water partition coefficient (Wildman–Crippen LogP) is 2.21. The molecular weight excluding hydrogens is 366 g/mol. The fraction of sp³-hybridized carbons (Fsp3) is 0.316. The third kappa shape index (κ3) is 5.55. The Kier molecular flexibility index (Phi) is 7.36. The van der Waals surface area contributed by atoms with Gasteiger partial charge in [-0.3, -0.25) is 25.2 Å². The van der Waals surface area contributed by atoms with Crippen LogP contribution in [0.5, 0.6) is 5.75 Å². The quantitative estimate of drug-likeness (QED) is 0.633. The molecule has 7 nitrogen and oxygen atoms in total. The van der Waals surface area contributed by atoms with Crippen LogP contribution in [0.15, 0.2) is 30.3 Å². The summed E-state index contributed by atoms with van der Waals surface area (Å²) in [4.78, 5) is 37.9. The van der Waals surface area contributed by atoms with Crippen molar-refractivity contribution in [3.63, 3.8) is 0 Å². The summed E-state index contributed by atoms with van der Waals surface area (Å²) in [5, 5.41) is 2.50. The molecule has 0 saturated heterocycles. The van der Waals surface area contributed by atoms with Crippen molar-refractivity contribution in [3.05, 3.63) is 51.2 Å². The second-order valence-corrected chi connectivity index (χ2v) is 6.82. The minimum Gasteiger partial charge on any atom is -0.493 e. The Bertz CT molecular complexity index is 832. The number of para-hydroxylation sites is 1. The summed E-state index contributed by atoms with van der Waals surface area (Å²) >= 11 is 1.39. The van der Waals surface area contributed by atoms with Crippen molar-refractivity contribution in [1.29, 1.82) is 0 Å². The third-order valence-electron chi connectivity index (χ3n) is 3.72. The first-order chi connectivity index (χ1) is 13.0. The standard InChI is InChI=1S/C19H23N3O4S/c1-4-15-12(3)10-16(27-15)19(25)22-21-17(23)11-20-18(24)13-8-6-7-9-14(13)26-5-2/h6-10H,4-5,11H2,1-3H3,(H,20,24)(H,21,23)(H,22,25). The van der Waals surface area contributed by atoms with E-state index in [0.29, 0.717) is 22.8 Å². The molecule has 0 spiro atoms. The highest BCUT2D eigenvalue weighted by Gasteiger charge is 2.15. The van der Waals surface area contributed by atoms with Crippen LogP contribution < -0.4 is 20.9 Å². The number of amides is 3. The summed E-state index contributed by atoms with van der Waals surface area (Å²) in [7, 11) is 0. The highest BCUT2D eigenvalue weighted by Crippen LogP contribution is 2.22. The summed E-state index contributed by atoms with van der Waals surface area (Å²) in [5.74, 6) is -0.897. The monoisotopic (exact) mass is 389 g/mol. The Hall–Kier alpha value is -2.87. The van der Waals surface area contributed by atoms with Crippen LogP contribution in [0.4, 0.5) is 0 Å². The zero-order chi connectivity index (χ0) is 19.8. The number of aryl methyl sites for hydroxylation is 2. The lowest BCUT2D eigenvalue weighted by Crippen LogP contribution is -2.46. The molecule has 0 aliphatic rings. The van der Waals surface area contributed by atoms with E-state index in [-0.39, 0.29) is 12.5 Å². The molecule has 1 aromatic carbocycles. The summed E-state index contributed by atoms with van der Waals surface area (Å²) < 4.78 is 5.40. The average molecular weight is 389 g/mol. The van der Waals surface area contributed by atoms with Gasteiger partial charge in [0, 0.05) is 4.88 Å². The fourth-order valence-electron chi connectivity index (χ4n) is 2.41. The maximum absolute atomic E-state index is 12.2. The topological polar surface area (TPSA) is 96.5 Å². The first kappa shape index (κ1) is 20.4. The van der Waals surface area contributed by atoms with Crippen molar-refractivity contribution in [2.75, 3.05) is 13.2 Å². The smallest absolute Gasteiger partial charge is 0.279 e. The Labute approximate surface area is 162 Å². The number of rotatable bonds is 7. The maximum atomic E-state index is 12.2. The number of hydrogen-bond acceptors (Lipinski definition) is 5. The minimum absolute atomic E-state index is 0.275. The molecule has 1 aromatic heterocycles. The predicted molar refractivity (Wildman–Crippen MR) is 104 cm³/mol. The highest BCUT2D eigenvalue weighted by molar-refractivity contribution is 7.14. The summed E-state index contributed by atoms with van der Waals surface area (Å²) in [6.07, 6.45) is 0.853. The van der Waals surface area contributed by atoms with E-state index in [4.69, 9.17) is 4.74 Å². The van der Waals surface area contributed by atoms with Crippen LogP contribution in [-0.2, 0) is 11.2 Å². The van der Waals surface area contributed by atoms with Crippen LogP contribution >= 0.6 is 11.3 Å². The summed E-state index contributed by atoms with van der Waals surface area (Å²) in [6, 6.07) is 8.57. The van der Waals surface area contributed by atoms with E-state index in [1.807, 2.05) is 20.8 Å². The molecule has 0 atom stereocenters. The summed E-state index contributed by atoms with van der Waals surface area (Å²) in [5.41, 5.74) is 6.05. The molecular formula is C19H23N3O4S. The van der Waals surface area contributed by atoms with Crippen LogP contribution in [0.1, 0.15) is 44.3 Å². The fourth-order valence-corrected chi connectivity index (χ4v) is 3.42. The van der Waals surface area contributed by atoms with Gasteiger partial charge in [0.05, 0.1) is 23.6 Å². The van der Waals surface area contributed by atoms with Crippen molar-refractivity contribution in [2.45, 2.75) is 27.2 Å². The van der Waals surface area contributed by atoms with Gasteiger partial charge in [0.2, 0.25) is 0 Å². The van der Waals surface area contributed by atoms with Gasteiger partial charge < -0.3 is 10.1 Å². The lowest BCUT2D eigenvalue weighted by atomic mass is 10.2. The molecule has 27 heavy (non-hydrogen) atoms. The van der Waals surface area contributed by atoms with E-state index in [9.17, 15) is 14.4 Å². The first-order valence-corrected chi connectivity index (χ1v) is 9.46. The lowest BCUT2D eigenvalue weighted by molar-refractivity contribution is -0.120. The zero-order valence-electron chi connectivity index (χ0n) is 15.5. The minimum atomic E-state index is -0.533. The van der Waals surface area contributed by atoms with Crippen LogP contribution in [0, 0.1) is 6.92 Å². The van der Waals surface area contributed by atoms with Crippen molar-refractivity contribution in [1.82, 2.24) is 16.2 Å². The second kappa shape index (κ2) is 9.72. The van der Waals surface area contributed by atoms with Crippen molar-refractivity contribution < 1.29 is 19.1 Å². The number of hydrazine groups is 1. The van der Waals surface area contributed by atoms with Crippen molar-refractivity contribution in [3.8, 4) is 5.75 Å². The SMILES string of the molecule is CCOc1ccccc1C(=O)NCC(=O)NNC(=O)c1cc(C)c(CC)s1. The maximum Gasteiger partial charge on any atom is 0.279 e.